The van der Waals surface area contributed by atoms with Crippen LogP contribution in [-0.2, 0) is 4.79 Å². The lowest BCUT2D eigenvalue weighted by Gasteiger charge is -2.37. The second-order valence-electron chi connectivity index (χ2n) is 8.27. The number of carbonyl (C=O) groups excluding carboxylic acids is 1. The van der Waals surface area contributed by atoms with Crippen molar-refractivity contribution in [2.45, 2.75) is 71.3 Å². The highest BCUT2D eigenvalue weighted by Gasteiger charge is 2.27. The van der Waals surface area contributed by atoms with E-state index >= 15 is 0 Å². The lowest BCUT2D eigenvalue weighted by atomic mass is 9.99. The molecule has 2 saturated heterocycles. The number of carbonyl (C=O) groups is 1. The maximum atomic E-state index is 12.9. The SMILES string of the molecule is Cc1cccc(OCC(=O)N2CCCCC2CCN2CCCCCC2)c1C. The third-order valence-electron chi connectivity index (χ3n) is 6.33. The average molecular weight is 373 g/mol. The van der Waals surface area contributed by atoms with Crippen molar-refractivity contribution in [3.8, 4) is 5.75 Å². The molecule has 150 valence electrons. The molecule has 2 aliphatic heterocycles. The number of rotatable bonds is 6. The van der Waals surface area contributed by atoms with Gasteiger partial charge >= 0.3 is 0 Å². The Balaban J connectivity index is 1.52. The zero-order valence-corrected chi connectivity index (χ0v) is 17.2. The molecule has 2 aliphatic rings. The van der Waals surface area contributed by atoms with Crippen molar-refractivity contribution in [2.24, 2.45) is 0 Å². The molecule has 2 heterocycles. The largest absolute Gasteiger partial charge is 0.483 e. The number of benzene rings is 1. The molecule has 1 aromatic rings. The fourth-order valence-electron chi connectivity index (χ4n) is 4.42. The van der Waals surface area contributed by atoms with Crippen LogP contribution in [0.1, 0.15) is 62.5 Å². The van der Waals surface area contributed by atoms with Crippen molar-refractivity contribution in [1.29, 1.82) is 0 Å². The fourth-order valence-corrected chi connectivity index (χ4v) is 4.42. The van der Waals surface area contributed by atoms with E-state index < -0.39 is 0 Å². The summed E-state index contributed by atoms with van der Waals surface area (Å²) in [5.41, 5.74) is 2.33. The fraction of sp³-hybridized carbons (Fsp3) is 0.696. The normalized spacial score (nSPS) is 21.7. The Bertz CT molecular complexity index is 608. The summed E-state index contributed by atoms with van der Waals surface area (Å²) < 4.78 is 5.89. The highest BCUT2D eigenvalue weighted by molar-refractivity contribution is 5.78. The minimum atomic E-state index is 0.150. The van der Waals surface area contributed by atoms with Crippen LogP contribution in [0.5, 0.6) is 5.75 Å². The van der Waals surface area contributed by atoms with Crippen molar-refractivity contribution in [2.75, 3.05) is 32.8 Å². The predicted octanol–water partition coefficient (Wildman–Crippen LogP) is 4.33. The molecule has 1 amide bonds. The lowest BCUT2D eigenvalue weighted by Crippen LogP contribution is -2.47. The average Bonchev–Trinajstić information content (AvgIpc) is 2.96. The van der Waals surface area contributed by atoms with Gasteiger partial charge in [-0.15, -0.1) is 0 Å². The predicted molar refractivity (Wildman–Crippen MR) is 110 cm³/mol. The molecule has 0 radical (unpaired) electrons. The van der Waals surface area contributed by atoms with Gasteiger partial charge in [0.2, 0.25) is 0 Å². The first-order valence-corrected chi connectivity index (χ1v) is 10.9. The summed E-state index contributed by atoms with van der Waals surface area (Å²) >= 11 is 0. The zero-order chi connectivity index (χ0) is 19.1. The number of hydrogen-bond acceptors (Lipinski definition) is 3. The standard InChI is InChI=1S/C23H36N2O2/c1-19-10-9-12-22(20(19)2)27-18-23(26)25-16-8-5-11-21(25)13-17-24-14-6-3-4-7-15-24/h9-10,12,21H,3-8,11,13-18H2,1-2H3. The first-order valence-electron chi connectivity index (χ1n) is 10.9. The van der Waals surface area contributed by atoms with Gasteiger partial charge in [-0.05, 0) is 82.7 Å². The van der Waals surface area contributed by atoms with Crippen LogP contribution in [0.4, 0.5) is 0 Å². The van der Waals surface area contributed by atoms with Gasteiger partial charge in [-0.3, -0.25) is 4.79 Å². The van der Waals surface area contributed by atoms with E-state index in [1.54, 1.807) is 0 Å². The molecular weight excluding hydrogens is 336 g/mol. The summed E-state index contributed by atoms with van der Waals surface area (Å²) in [6.07, 6.45) is 10.0. The lowest BCUT2D eigenvalue weighted by molar-refractivity contribution is -0.137. The van der Waals surface area contributed by atoms with Crippen LogP contribution in [0.15, 0.2) is 18.2 Å². The molecule has 0 aliphatic carbocycles. The van der Waals surface area contributed by atoms with Gasteiger partial charge in [-0.2, -0.15) is 0 Å². The molecule has 27 heavy (non-hydrogen) atoms. The molecule has 0 spiro atoms. The number of amides is 1. The van der Waals surface area contributed by atoms with Gasteiger partial charge in [0.15, 0.2) is 6.61 Å². The highest BCUT2D eigenvalue weighted by atomic mass is 16.5. The highest BCUT2D eigenvalue weighted by Crippen LogP contribution is 2.23. The van der Waals surface area contributed by atoms with E-state index in [2.05, 4.69) is 29.7 Å². The molecular formula is C23H36N2O2. The van der Waals surface area contributed by atoms with Gasteiger partial charge in [-0.25, -0.2) is 0 Å². The third kappa shape index (κ3) is 5.71. The van der Waals surface area contributed by atoms with E-state index in [0.29, 0.717) is 6.04 Å². The summed E-state index contributed by atoms with van der Waals surface area (Å²) in [6, 6.07) is 6.42. The van der Waals surface area contributed by atoms with E-state index in [-0.39, 0.29) is 12.5 Å². The summed E-state index contributed by atoms with van der Waals surface area (Å²) in [5, 5.41) is 0. The van der Waals surface area contributed by atoms with Crippen LogP contribution in [0.3, 0.4) is 0 Å². The van der Waals surface area contributed by atoms with Crippen molar-refractivity contribution >= 4 is 5.91 Å². The van der Waals surface area contributed by atoms with Gasteiger partial charge in [0.1, 0.15) is 5.75 Å². The number of nitrogens with zero attached hydrogens (tertiary/aromatic N) is 2. The molecule has 1 aromatic carbocycles. The maximum Gasteiger partial charge on any atom is 0.260 e. The second-order valence-corrected chi connectivity index (χ2v) is 8.27. The van der Waals surface area contributed by atoms with E-state index in [9.17, 15) is 4.79 Å². The first-order chi connectivity index (χ1) is 13.1. The van der Waals surface area contributed by atoms with Gasteiger partial charge in [0, 0.05) is 19.1 Å². The minimum Gasteiger partial charge on any atom is -0.483 e. The summed E-state index contributed by atoms with van der Waals surface area (Å²) in [7, 11) is 0. The zero-order valence-electron chi connectivity index (χ0n) is 17.2. The Morgan fingerprint density at radius 3 is 2.56 bits per heavy atom. The van der Waals surface area contributed by atoms with E-state index in [0.717, 1.165) is 43.7 Å². The Hall–Kier alpha value is -1.55. The Morgan fingerprint density at radius 1 is 1.04 bits per heavy atom. The monoisotopic (exact) mass is 372 g/mol. The van der Waals surface area contributed by atoms with Crippen molar-refractivity contribution < 1.29 is 9.53 Å². The number of aryl methyl sites for hydroxylation is 1. The van der Waals surface area contributed by atoms with Gasteiger partial charge in [0.05, 0.1) is 0 Å². The molecule has 4 heteroatoms. The topological polar surface area (TPSA) is 32.8 Å². The Kier molecular flexibility index (Phi) is 7.57. The Labute approximate surface area is 164 Å². The van der Waals surface area contributed by atoms with E-state index in [1.165, 1.54) is 50.8 Å². The third-order valence-corrected chi connectivity index (χ3v) is 6.33. The van der Waals surface area contributed by atoms with Crippen LogP contribution in [0.25, 0.3) is 0 Å². The maximum absolute atomic E-state index is 12.9. The quantitative estimate of drug-likeness (QED) is 0.745. The smallest absolute Gasteiger partial charge is 0.260 e. The van der Waals surface area contributed by atoms with E-state index in [1.807, 2.05) is 12.1 Å². The Morgan fingerprint density at radius 2 is 1.78 bits per heavy atom. The summed E-state index contributed by atoms with van der Waals surface area (Å²) in [6.45, 7) is 8.77. The van der Waals surface area contributed by atoms with Crippen LogP contribution < -0.4 is 4.74 Å². The van der Waals surface area contributed by atoms with Crippen molar-refractivity contribution in [3.05, 3.63) is 29.3 Å². The van der Waals surface area contributed by atoms with Crippen molar-refractivity contribution in [3.63, 3.8) is 0 Å². The molecule has 0 N–H and O–H groups in total. The van der Waals surface area contributed by atoms with Crippen molar-refractivity contribution in [1.82, 2.24) is 9.80 Å². The first kappa shape index (κ1) is 20.2. The molecule has 4 nitrogen and oxygen atoms in total. The summed E-state index contributed by atoms with van der Waals surface area (Å²) in [5.74, 6) is 0.984. The van der Waals surface area contributed by atoms with Crippen LogP contribution >= 0.6 is 0 Å². The van der Waals surface area contributed by atoms with Crippen LogP contribution in [0, 0.1) is 13.8 Å². The van der Waals surface area contributed by atoms with E-state index in [4.69, 9.17) is 4.74 Å². The van der Waals surface area contributed by atoms with Crippen LogP contribution in [0.2, 0.25) is 0 Å². The molecule has 0 saturated carbocycles. The van der Waals surface area contributed by atoms with Gasteiger partial charge in [0.25, 0.3) is 5.91 Å². The molecule has 3 rings (SSSR count). The minimum absolute atomic E-state index is 0.150. The molecule has 0 bridgehead atoms. The summed E-state index contributed by atoms with van der Waals surface area (Å²) in [4.78, 5) is 17.6. The molecule has 2 fully saturated rings. The number of likely N-dealkylation sites (tertiary alicyclic amines) is 2. The molecule has 1 atom stereocenters. The van der Waals surface area contributed by atoms with Gasteiger partial charge < -0.3 is 14.5 Å². The molecule has 0 aromatic heterocycles. The molecule has 1 unspecified atom stereocenters. The van der Waals surface area contributed by atoms with Crippen LogP contribution in [-0.4, -0.2) is 54.5 Å². The number of ether oxygens (including phenoxy) is 1. The number of hydrogen-bond donors (Lipinski definition) is 0. The van der Waals surface area contributed by atoms with Gasteiger partial charge in [-0.1, -0.05) is 25.0 Å². The number of piperidine rings is 1. The second kappa shape index (κ2) is 10.1.